The molecule has 34 heavy (non-hydrogen) atoms. The molecule has 0 bridgehead atoms. The van der Waals surface area contributed by atoms with Gasteiger partial charge in [0.1, 0.15) is 5.75 Å². The van der Waals surface area contributed by atoms with Gasteiger partial charge in [-0.15, -0.1) is 0 Å². The van der Waals surface area contributed by atoms with Gasteiger partial charge in [-0.3, -0.25) is 9.59 Å². The first-order valence-electron chi connectivity index (χ1n) is 10.8. The van der Waals surface area contributed by atoms with Crippen LogP contribution in [-0.2, 0) is 11.0 Å². The van der Waals surface area contributed by atoms with Crippen LogP contribution in [0.2, 0.25) is 0 Å². The zero-order valence-corrected chi connectivity index (χ0v) is 18.8. The van der Waals surface area contributed by atoms with Crippen LogP contribution in [0.5, 0.6) is 5.75 Å². The van der Waals surface area contributed by atoms with Crippen molar-refractivity contribution in [1.82, 2.24) is 0 Å². The van der Waals surface area contributed by atoms with Gasteiger partial charge in [-0.25, -0.2) is 0 Å². The summed E-state index contributed by atoms with van der Waals surface area (Å²) in [5.41, 5.74) is 0.716. The maximum atomic E-state index is 12.9. The van der Waals surface area contributed by atoms with Gasteiger partial charge in [-0.1, -0.05) is 44.2 Å². The topological polar surface area (TPSA) is 67.4 Å². The third-order valence-corrected chi connectivity index (χ3v) is 5.28. The summed E-state index contributed by atoms with van der Waals surface area (Å²) in [6.07, 6.45) is -3.58. The molecule has 0 heterocycles. The smallest absolute Gasteiger partial charge is 0.416 e. The number of benzene rings is 3. The summed E-state index contributed by atoms with van der Waals surface area (Å²) >= 11 is 0. The van der Waals surface area contributed by atoms with Gasteiger partial charge in [-0.05, 0) is 60.4 Å². The van der Waals surface area contributed by atoms with Gasteiger partial charge in [0, 0.05) is 16.9 Å². The van der Waals surface area contributed by atoms with Crippen molar-refractivity contribution in [3.8, 4) is 5.75 Å². The van der Waals surface area contributed by atoms with Crippen molar-refractivity contribution in [1.29, 1.82) is 0 Å². The zero-order valence-electron chi connectivity index (χ0n) is 18.8. The molecular formula is C26H25F3N2O3. The average Bonchev–Trinajstić information content (AvgIpc) is 2.82. The van der Waals surface area contributed by atoms with Crippen molar-refractivity contribution < 1.29 is 27.5 Å². The minimum Gasteiger partial charge on any atom is -0.483 e. The Bertz CT molecular complexity index is 1160. The van der Waals surface area contributed by atoms with E-state index in [-0.39, 0.29) is 23.8 Å². The second-order valence-electron chi connectivity index (χ2n) is 7.80. The number of anilines is 2. The van der Waals surface area contributed by atoms with E-state index in [0.29, 0.717) is 11.4 Å². The van der Waals surface area contributed by atoms with E-state index < -0.39 is 23.6 Å². The Morgan fingerprint density at radius 2 is 1.59 bits per heavy atom. The van der Waals surface area contributed by atoms with Crippen LogP contribution in [0.15, 0.2) is 72.8 Å². The Labute approximate surface area is 195 Å². The fraction of sp³-hybridized carbons (Fsp3) is 0.231. The Morgan fingerprint density at radius 3 is 2.29 bits per heavy atom. The summed E-state index contributed by atoms with van der Waals surface area (Å²) in [5, 5.41) is 5.11. The van der Waals surface area contributed by atoms with Gasteiger partial charge >= 0.3 is 6.18 Å². The number of ether oxygens (including phenoxy) is 1. The first-order chi connectivity index (χ1) is 16.2. The third-order valence-electron chi connectivity index (χ3n) is 5.28. The van der Waals surface area contributed by atoms with E-state index in [4.69, 9.17) is 4.74 Å². The Kier molecular flexibility index (Phi) is 7.94. The van der Waals surface area contributed by atoms with Gasteiger partial charge in [0.25, 0.3) is 11.8 Å². The SMILES string of the molecule is CCC(C)c1ccccc1OCC(=O)Nc1cccc(C(=O)Nc2cccc(C(F)(F)F)c2)c1. The predicted molar refractivity (Wildman–Crippen MR) is 125 cm³/mol. The maximum Gasteiger partial charge on any atom is 0.416 e. The highest BCUT2D eigenvalue weighted by atomic mass is 19.4. The molecule has 1 atom stereocenters. The van der Waals surface area contributed by atoms with E-state index in [0.717, 1.165) is 24.1 Å². The third kappa shape index (κ3) is 6.60. The molecule has 2 N–H and O–H groups in total. The van der Waals surface area contributed by atoms with Gasteiger partial charge in [0.05, 0.1) is 5.56 Å². The van der Waals surface area contributed by atoms with Crippen LogP contribution in [0.3, 0.4) is 0 Å². The van der Waals surface area contributed by atoms with Crippen LogP contribution in [0, 0.1) is 0 Å². The monoisotopic (exact) mass is 470 g/mol. The predicted octanol–water partition coefficient (Wildman–Crippen LogP) is 6.49. The molecule has 1 unspecified atom stereocenters. The Hall–Kier alpha value is -3.81. The van der Waals surface area contributed by atoms with Gasteiger partial charge < -0.3 is 15.4 Å². The first kappa shape index (κ1) is 24.8. The number of para-hydroxylation sites is 1. The maximum absolute atomic E-state index is 12.9. The lowest BCUT2D eigenvalue weighted by Crippen LogP contribution is -2.21. The summed E-state index contributed by atoms with van der Waals surface area (Å²) in [5.74, 6) is -0.0870. The molecule has 178 valence electrons. The summed E-state index contributed by atoms with van der Waals surface area (Å²) in [6, 6.07) is 18.0. The quantitative estimate of drug-likeness (QED) is 0.396. The second kappa shape index (κ2) is 10.9. The number of carbonyl (C=O) groups is 2. The van der Waals surface area contributed by atoms with E-state index in [2.05, 4.69) is 24.5 Å². The first-order valence-corrected chi connectivity index (χ1v) is 10.8. The highest BCUT2D eigenvalue weighted by Crippen LogP contribution is 2.31. The number of hydrogen-bond donors (Lipinski definition) is 2. The summed E-state index contributed by atoms with van der Waals surface area (Å²) in [6.45, 7) is 3.94. The largest absolute Gasteiger partial charge is 0.483 e. The normalized spacial score (nSPS) is 12.0. The minimum absolute atomic E-state index is 0.0163. The molecule has 0 aliphatic rings. The second-order valence-corrected chi connectivity index (χ2v) is 7.80. The van der Waals surface area contributed by atoms with E-state index in [1.165, 1.54) is 24.3 Å². The summed E-state index contributed by atoms with van der Waals surface area (Å²) in [4.78, 5) is 24.9. The Morgan fingerprint density at radius 1 is 0.912 bits per heavy atom. The van der Waals surface area contributed by atoms with Gasteiger partial charge in [0.15, 0.2) is 6.61 Å². The lowest BCUT2D eigenvalue weighted by atomic mass is 9.98. The Balaban J connectivity index is 1.62. The van der Waals surface area contributed by atoms with E-state index in [1.54, 1.807) is 12.1 Å². The van der Waals surface area contributed by atoms with Crippen molar-refractivity contribution in [2.45, 2.75) is 32.4 Å². The molecule has 0 radical (unpaired) electrons. The fourth-order valence-corrected chi connectivity index (χ4v) is 3.29. The van der Waals surface area contributed by atoms with E-state index >= 15 is 0 Å². The van der Waals surface area contributed by atoms with Crippen molar-refractivity contribution in [3.63, 3.8) is 0 Å². The number of alkyl halides is 3. The zero-order chi connectivity index (χ0) is 24.7. The number of carbonyl (C=O) groups excluding carboxylic acids is 2. The van der Waals surface area contributed by atoms with Crippen LogP contribution in [0.4, 0.5) is 24.5 Å². The molecule has 0 saturated carbocycles. The molecule has 3 aromatic rings. The summed E-state index contributed by atoms with van der Waals surface area (Å²) < 4.78 is 44.4. The minimum atomic E-state index is -4.51. The highest BCUT2D eigenvalue weighted by Gasteiger charge is 2.30. The van der Waals surface area contributed by atoms with Gasteiger partial charge in [0.2, 0.25) is 0 Å². The van der Waals surface area contributed by atoms with Crippen molar-refractivity contribution in [2.24, 2.45) is 0 Å². The molecule has 0 aliphatic carbocycles. The molecule has 0 aromatic heterocycles. The lowest BCUT2D eigenvalue weighted by molar-refractivity contribution is -0.137. The number of hydrogen-bond acceptors (Lipinski definition) is 3. The standard InChI is InChI=1S/C26H25F3N2O3/c1-3-17(2)22-12-4-5-13-23(22)34-16-24(32)30-20-10-6-8-18(14-20)25(33)31-21-11-7-9-19(15-21)26(27,28)29/h4-15,17H,3,16H2,1-2H3,(H,30,32)(H,31,33). The number of nitrogens with one attached hydrogen (secondary N) is 2. The van der Waals surface area contributed by atoms with Crippen LogP contribution >= 0.6 is 0 Å². The molecule has 0 saturated heterocycles. The van der Waals surface area contributed by atoms with Crippen molar-refractivity contribution in [2.75, 3.05) is 17.2 Å². The molecule has 0 fully saturated rings. The molecule has 3 rings (SSSR count). The van der Waals surface area contributed by atoms with Gasteiger partial charge in [-0.2, -0.15) is 13.2 Å². The molecular weight excluding hydrogens is 445 g/mol. The van der Waals surface area contributed by atoms with Crippen molar-refractivity contribution in [3.05, 3.63) is 89.5 Å². The number of halogens is 3. The van der Waals surface area contributed by atoms with Crippen LogP contribution in [-0.4, -0.2) is 18.4 Å². The molecule has 3 aromatic carbocycles. The number of rotatable bonds is 8. The lowest BCUT2D eigenvalue weighted by Gasteiger charge is -2.15. The molecule has 0 aliphatic heterocycles. The van der Waals surface area contributed by atoms with Crippen LogP contribution in [0.1, 0.15) is 47.7 Å². The molecule has 5 nitrogen and oxygen atoms in total. The average molecular weight is 470 g/mol. The summed E-state index contributed by atoms with van der Waals surface area (Å²) in [7, 11) is 0. The van der Waals surface area contributed by atoms with Crippen molar-refractivity contribution >= 4 is 23.2 Å². The molecule has 8 heteroatoms. The molecule has 2 amide bonds. The fourth-order valence-electron chi connectivity index (χ4n) is 3.29. The van der Waals surface area contributed by atoms with E-state index in [1.807, 2.05) is 24.3 Å². The van der Waals surface area contributed by atoms with Crippen LogP contribution in [0.25, 0.3) is 0 Å². The van der Waals surface area contributed by atoms with E-state index in [9.17, 15) is 22.8 Å². The number of amides is 2. The van der Waals surface area contributed by atoms with Crippen LogP contribution < -0.4 is 15.4 Å². The molecule has 0 spiro atoms. The highest BCUT2D eigenvalue weighted by molar-refractivity contribution is 6.05.